The molecule has 48 heavy (non-hydrogen) atoms. The number of hydrogen-bond donors (Lipinski definition) is 0. The second kappa shape index (κ2) is 11.3. The lowest BCUT2D eigenvalue weighted by Crippen LogP contribution is -2.16. The van der Waals surface area contributed by atoms with Crippen LogP contribution >= 0.6 is 11.8 Å². The standard InChI is InChI=1S/C45H34N2S/c1-45(2)39-18-10-9-17-37(39)38-27-26-36(30-40(38)45)46(33-13-5-3-6-14-33)35-24-21-31(22-25-35)32-23-28-42-44(29-32)48-43-20-12-11-19-41(43)47(42)34-15-7-4-8-16-34/h3-30H,1-2H3. The number of rotatable bonds is 5. The van der Waals surface area contributed by atoms with Crippen LogP contribution in [-0.2, 0) is 5.41 Å². The van der Waals surface area contributed by atoms with Crippen molar-refractivity contribution in [2.24, 2.45) is 0 Å². The molecular formula is C45H34N2S. The fourth-order valence-corrected chi connectivity index (χ4v) is 8.55. The first-order valence-corrected chi connectivity index (χ1v) is 17.3. The third-order valence-corrected chi connectivity index (χ3v) is 11.0. The van der Waals surface area contributed by atoms with Crippen molar-refractivity contribution in [2.45, 2.75) is 29.1 Å². The topological polar surface area (TPSA) is 6.48 Å². The Bertz CT molecular complexity index is 2290. The predicted molar refractivity (Wildman–Crippen MR) is 203 cm³/mol. The fourth-order valence-electron chi connectivity index (χ4n) is 7.45. The quantitative estimate of drug-likeness (QED) is 0.186. The third-order valence-electron chi connectivity index (χ3n) is 9.84. The van der Waals surface area contributed by atoms with E-state index in [2.05, 4.69) is 194 Å². The molecule has 0 amide bonds. The smallest absolute Gasteiger partial charge is 0.0602 e. The summed E-state index contributed by atoms with van der Waals surface area (Å²) in [5, 5.41) is 0. The number of fused-ring (bicyclic) bond motifs is 5. The van der Waals surface area contributed by atoms with Crippen LogP contribution in [0, 0.1) is 0 Å². The lowest BCUT2D eigenvalue weighted by molar-refractivity contribution is 0.660. The van der Waals surface area contributed by atoms with Gasteiger partial charge < -0.3 is 9.80 Å². The molecule has 2 nitrogen and oxygen atoms in total. The van der Waals surface area contributed by atoms with E-state index in [4.69, 9.17) is 0 Å². The highest BCUT2D eigenvalue weighted by molar-refractivity contribution is 7.99. The number of nitrogens with zero attached hydrogens (tertiary/aromatic N) is 2. The summed E-state index contributed by atoms with van der Waals surface area (Å²) in [7, 11) is 0. The van der Waals surface area contributed by atoms with Gasteiger partial charge in [0.25, 0.3) is 0 Å². The molecule has 230 valence electrons. The zero-order valence-electron chi connectivity index (χ0n) is 27.0. The van der Waals surface area contributed by atoms with E-state index in [0.29, 0.717) is 0 Å². The molecular weight excluding hydrogens is 601 g/mol. The van der Waals surface area contributed by atoms with Crippen LogP contribution in [0.1, 0.15) is 25.0 Å². The van der Waals surface area contributed by atoms with Gasteiger partial charge in [-0.2, -0.15) is 0 Å². The number of benzene rings is 7. The van der Waals surface area contributed by atoms with Crippen molar-refractivity contribution in [3.63, 3.8) is 0 Å². The van der Waals surface area contributed by atoms with Crippen LogP contribution in [0.4, 0.5) is 34.1 Å². The van der Waals surface area contributed by atoms with Gasteiger partial charge in [-0.1, -0.05) is 123 Å². The van der Waals surface area contributed by atoms with E-state index < -0.39 is 0 Å². The minimum Gasteiger partial charge on any atom is -0.310 e. The minimum atomic E-state index is -0.0603. The summed E-state index contributed by atoms with van der Waals surface area (Å²) in [6.07, 6.45) is 0. The van der Waals surface area contributed by atoms with Gasteiger partial charge in [0, 0.05) is 38.0 Å². The molecule has 0 fully saturated rings. The lowest BCUT2D eigenvalue weighted by Gasteiger charge is -2.33. The minimum absolute atomic E-state index is 0.0603. The molecule has 1 aliphatic heterocycles. The first kappa shape index (κ1) is 28.7. The molecule has 0 bridgehead atoms. The van der Waals surface area contributed by atoms with E-state index in [1.807, 2.05) is 11.8 Å². The average Bonchev–Trinajstić information content (AvgIpc) is 3.37. The Morgan fingerprint density at radius 3 is 1.88 bits per heavy atom. The molecule has 3 heteroatoms. The van der Waals surface area contributed by atoms with Gasteiger partial charge in [-0.3, -0.25) is 0 Å². The van der Waals surface area contributed by atoms with E-state index in [0.717, 1.165) is 11.4 Å². The highest BCUT2D eigenvalue weighted by Gasteiger charge is 2.35. The van der Waals surface area contributed by atoms with Crippen molar-refractivity contribution >= 4 is 45.9 Å². The maximum Gasteiger partial charge on any atom is 0.0602 e. The van der Waals surface area contributed by atoms with Gasteiger partial charge in [-0.05, 0) is 106 Å². The summed E-state index contributed by atoms with van der Waals surface area (Å²) in [4.78, 5) is 7.27. The van der Waals surface area contributed by atoms with Crippen molar-refractivity contribution in [3.05, 3.63) is 181 Å². The summed E-state index contributed by atoms with van der Waals surface area (Å²) in [6.45, 7) is 4.69. The van der Waals surface area contributed by atoms with Gasteiger partial charge in [0.1, 0.15) is 0 Å². The molecule has 0 saturated heterocycles. The van der Waals surface area contributed by atoms with Crippen molar-refractivity contribution in [1.82, 2.24) is 0 Å². The van der Waals surface area contributed by atoms with E-state index in [1.165, 1.54) is 65.9 Å². The zero-order valence-corrected chi connectivity index (χ0v) is 27.8. The van der Waals surface area contributed by atoms with Gasteiger partial charge in [0.2, 0.25) is 0 Å². The molecule has 0 spiro atoms. The highest BCUT2D eigenvalue weighted by atomic mass is 32.2. The SMILES string of the molecule is CC1(C)c2ccccc2-c2ccc(N(c3ccccc3)c3ccc(-c4ccc5c(c4)Sc4ccccc4N5c4ccccc4)cc3)cc21. The molecule has 0 N–H and O–H groups in total. The molecule has 0 atom stereocenters. The summed E-state index contributed by atoms with van der Waals surface area (Å²) < 4.78 is 0. The largest absolute Gasteiger partial charge is 0.310 e. The molecule has 1 heterocycles. The Labute approximate surface area is 286 Å². The monoisotopic (exact) mass is 634 g/mol. The van der Waals surface area contributed by atoms with Gasteiger partial charge in [-0.25, -0.2) is 0 Å². The van der Waals surface area contributed by atoms with Gasteiger partial charge >= 0.3 is 0 Å². The Balaban J connectivity index is 1.09. The number of anilines is 6. The first-order chi connectivity index (χ1) is 23.6. The molecule has 0 aromatic heterocycles. The molecule has 2 aliphatic rings. The van der Waals surface area contributed by atoms with Gasteiger partial charge in [-0.15, -0.1) is 0 Å². The summed E-state index contributed by atoms with van der Waals surface area (Å²) >= 11 is 1.85. The van der Waals surface area contributed by atoms with Crippen LogP contribution in [0.15, 0.2) is 180 Å². The predicted octanol–water partition coefficient (Wildman–Crippen LogP) is 13.1. The molecule has 0 saturated carbocycles. The van der Waals surface area contributed by atoms with Crippen molar-refractivity contribution in [2.75, 3.05) is 9.80 Å². The van der Waals surface area contributed by atoms with E-state index in [1.54, 1.807) is 0 Å². The first-order valence-electron chi connectivity index (χ1n) is 16.5. The lowest BCUT2D eigenvalue weighted by atomic mass is 9.82. The normalized spacial score (nSPS) is 13.7. The van der Waals surface area contributed by atoms with E-state index in [-0.39, 0.29) is 5.41 Å². The third kappa shape index (κ3) is 4.65. The molecule has 0 unspecified atom stereocenters. The average molecular weight is 635 g/mol. The van der Waals surface area contributed by atoms with Gasteiger partial charge in [0.15, 0.2) is 0 Å². The second-order valence-electron chi connectivity index (χ2n) is 13.0. The molecule has 7 aromatic carbocycles. The summed E-state index contributed by atoms with van der Waals surface area (Å²) in [6, 6.07) is 61.8. The summed E-state index contributed by atoms with van der Waals surface area (Å²) in [5.74, 6) is 0. The molecule has 1 aliphatic carbocycles. The Kier molecular flexibility index (Phi) is 6.77. The van der Waals surface area contributed by atoms with Gasteiger partial charge in [0.05, 0.1) is 11.4 Å². The van der Waals surface area contributed by atoms with Crippen molar-refractivity contribution < 1.29 is 0 Å². The Morgan fingerprint density at radius 1 is 0.458 bits per heavy atom. The zero-order chi connectivity index (χ0) is 32.2. The van der Waals surface area contributed by atoms with E-state index in [9.17, 15) is 0 Å². The fraction of sp³-hybridized carbons (Fsp3) is 0.0667. The Hall–Kier alpha value is -5.51. The van der Waals surface area contributed by atoms with Crippen LogP contribution in [0.2, 0.25) is 0 Å². The van der Waals surface area contributed by atoms with Crippen LogP contribution in [0.5, 0.6) is 0 Å². The maximum absolute atomic E-state index is 2.40. The number of para-hydroxylation sites is 3. The van der Waals surface area contributed by atoms with Crippen LogP contribution in [0.25, 0.3) is 22.3 Å². The van der Waals surface area contributed by atoms with Crippen LogP contribution in [-0.4, -0.2) is 0 Å². The van der Waals surface area contributed by atoms with E-state index >= 15 is 0 Å². The molecule has 7 aromatic rings. The van der Waals surface area contributed by atoms with Crippen LogP contribution < -0.4 is 9.80 Å². The van der Waals surface area contributed by atoms with Crippen molar-refractivity contribution in [1.29, 1.82) is 0 Å². The second-order valence-corrected chi connectivity index (χ2v) is 14.1. The molecule has 0 radical (unpaired) electrons. The van der Waals surface area contributed by atoms with Crippen LogP contribution in [0.3, 0.4) is 0 Å². The highest BCUT2D eigenvalue weighted by Crippen LogP contribution is 2.53. The Morgan fingerprint density at radius 2 is 1.06 bits per heavy atom. The van der Waals surface area contributed by atoms with Crippen molar-refractivity contribution in [3.8, 4) is 22.3 Å². The number of hydrogen-bond acceptors (Lipinski definition) is 3. The molecule has 9 rings (SSSR count). The summed E-state index contributed by atoms with van der Waals surface area (Å²) in [5.41, 5.74) is 14.8. The maximum atomic E-state index is 2.40.